The van der Waals surface area contributed by atoms with Gasteiger partial charge in [0.15, 0.2) is 0 Å². The molecule has 1 atom stereocenters. The first kappa shape index (κ1) is 42.9. The molecule has 0 saturated heterocycles. The average Bonchev–Trinajstić information content (AvgIpc) is 3.19. The number of quaternary nitrogens is 1. The summed E-state index contributed by atoms with van der Waals surface area (Å²) in [6.45, 7) is 18.7. The van der Waals surface area contributed by atoms with Crippen LogP contribution in [0.15, 0.2) is 165 Å². The van der Waals surface area contributed by atoms with Crippen LogP contribution >= 0.6 is 11.8 Å². The second kappa shape index (κ2) is 18.8. The Morgan fingerprint density at radius 2 is 1.56 bits per heavy atom. The number of aryl methyl sites for hydroxylation is 2. The zero-order chi connectivity index (χ0) is 41.3. The number of para-hydroxylation sites is 2. The molecule has 0 fully saturated rings. The molecule has 2 amide bonds. The lowest BCUT2D eigenvalue weighted by Gasteiger charge is -2.35. The number of thioether (sulfide) groups is 1. The number of carbonyl (C=O) groups excluding carboxylic acids is 1. The summed E-state index contributed by atoms with van der Waals surface area (Å²) in [5, 5.41) is 11.3. The van der Waals surface area contributed by atoms with E-state index in [4.69, 9.17) is 0 Å². The molecule has 0 aromatic heterocycles. The van der Waals surface area contributed by atoms with Gasteiger partial charge in [0.05, 0.1) is 14.1 Å². The van der Waals surface area contributed by atoms with Crippen molar-refractivity contribution in [2.24, 2.45) is 10.2 Å². The fraction of sp³-hybridized carbons (Fsp3) is 0.300. The minimum Gasteiger partial charge on any atom is -0.348 e. The van der Waals surface area contributed by atoms with Gasteiger partial charge in [-0.3, -0.25) is 4.48 Å². The molecule has 0 aliphatic heterocycles. The number of urea groups is 1. The highest BCUT2D eigenvalue weighted by Crippen LogP contribution is 2.42. The summed E-state index contributed by atoms with van der Waals surface area (Å²) >= 11 is 1.79. The zero-order valence-electron chi connectivity index (χ0n) is 35.6. The number of nitrogens with zero attached hydrogens (tertiary/aromatic N) is 4. The molecule has 4 aromatic rings. The van der Waals surface area contributed by atoms with Crippen LogP contribution in [0.25, 0.3) is 5.57 Å². The van der Waals surface area contributed by atoms with Gasteiger partial charge in [-0.15, -0.1) is 0 Å². The Balaban J connectivity index is 1.39. The first-order valence-corrected chi connectivity index (χ1v) is 20.6. The van der Waals surface area contributed by atoms with Crippen LogP contribution in [0.1, 0.15) is 76.1 Å². The van der Waals surface area contributed by atoms with E-state index >= 15 is 0 Å². The number of likely N-dealkylation sites (N-methyl/N-ethyl adjacent to an activating group) is 1. The van der Waals surface area contributed by atoms with Crippen molar-refractivity contribution in [2.75, 3.05) is 31.4 Å². The molecule has 0 heterocycles. The highest BCUT2D eigenvalue weighted by Gasteiger charge is 2.27. The number of allylic oxidation sites excluding steroid dienone is 7. The standard InChI is InChI=1S/C50H59N5OS/c1-35(2)40-27-29-43(30-28-40)50(7,8)53-52-49(56)51-44-31-33-45(34-32-44)57-48-41(25-23-38(5)54(9)46-21-14-12-17-36(46)3)19-16-20-42(48)26-24-39(6)55(10,11)47-22-15-13-18-37(47)4/h12-15,17-18,21-34,39H,1,16,19-20H2,2-11H3/p+1/b26-24+,38-23+,41-25+,53-52?. The van der Waals surface area contributed by atoms with E-state index in [2.05, 4.69) is 161 Å². The molecule has 0 radical (unpaired) electrons. The third-order valence-corrected chi connectivity index (χ3v) is 12.4. The number of nitrogens with one attached hydrogen (secondary N) is 1. The van der Waals surface area contributed by atoms with Gasteiger partial charge >= 0.3 is 6.03 Å². The summed E-state index contributed by atoms with van der Waals surface area (Å²) in [7, 11) is 6.71. The number of benzene rings is 4. The molecular weight excluding hydrogens is 719 g/mol. The summed E-state index contributed by atoms with van der Waals surface area (Å²) in [4.78, 5) is 17.5. The van der Waals surface area contributed by atoms with Gasteiger partial charge in [-0.05, 0) is 144 Å². The normalized spacial score (nSPS) is 15.4. The predicted octanol–water partition coefficient (Wildman–Crippen LogP) is 14.0. The van der Waals surface area contributed by atoms with E-state index in [0.29, 0.717) is 5.69 Å². The smallest absolute Gasteiger partial charge is 0.348 e. The van der Waals surface area contributed by atoms with Crippen LogP contribution in [-0.2, 0) is 5.54 Å². The van der Waals surface area contributed by atoms with E-state index in [9.17, 15) is 4.79 Å². The van der Waals surface area contributed by atoms with Gasteiger partial charge in [-0.2, -0.15) is 5.11 Å². The van der Waals surface area contributed by atoms with Crippen LogP contribution in [-0.4, -0.2) is 33.2 Å². The molecule has 0 spiro atoms. The molecule has 1 unspecified atom stereocenters. The molecule has 296 valence electrons. The number of anilines is 2. The SMILES string of the molecule is C=C(C)c1ccc(C(C)(C)N=NC(=O)Nc2ccc(SC3=C(/C=C/C(C)[N+](C)(C)c4ccccc4C)CCC/C3=C\C=C(/C)N(C)c3ccccc3C)cc2)cc1. The van der Waals surface area contributed by atoms with Crippen molar-refractivity contribution in [3.05, 3.63) is 172 Å². The van der Waals surface area contributed by atoms with E-state index in [1.807, 2.05) is 57.2 Å². The summed E-state index contributed by atoms with van der Waals surface area (Å²) in [5.41, 5.74) is 12.0. The Kier molecular flexibility index (Phi) is 14.1. The van der Waals surface area contributed by atoms with Crippen molar-refractivity contribution in [3.8, 4) is 0 Å². The molecular formula is C50H60N5OS+. The summed E-state index contributed by atoms with van der Waals surface area (Å²) in [5.74, 6) is 0. The van der Waals surface area contributed by atoms with E-state index in [-0.39, 0.29) is 6.04 Å². The quantitative estimate of drug-likeness (QED) is 0.109. The molecule has 57 heavy (non-hydrogen) atoms. The van der Waals surface area contributed by atoms with Crippen molar-refractivity contribution in [3.63, 3.8) is 0 Å². The van der Waals surface area contributed by atoms with Crippen molar-refractivity contribution < 1.29 is 4.79 Å². The van der Waals surface area contributed by atoms with Gasteiger partial charge in [-0.1, -0.05) is 102 Å². The number of amides is 2. The number of hydrogen-bond donors (Lipinski definition) is 1. The average molecular weight is 779 g/mol. The van der Waals surface area contributed by atoms with Crippen molar-refractivity contribution in [2.45, 2.75) is 84.2 Å². The molecule has 5 rings (SSSR count). The maximum atomic E-state index is 12.9. The maximum absolute atomic E-state index is 12.9. The fourth-order valence-corrected chi connectivity index (χ4v) is 8.09. The molecule has 7 heteroatoms. The lowest BCUT2D eigenvalue weighted by Crippen LogP contribution is -2.47. The highest BCUT2D eigenvalue weighted by molar-refractivity contribution is 8.03. The Labute approximate surface area is 346 Å². The maximum Gasteiger partial charge on any atom is 0.363 e. The van der Waals surface area contributed by atoms with Gasteiger partial charge in [0.1, 0.15) is 17.3 Å². The van der Waals surface area contributed by atoms with Gasteiger partial charge in [-0.25, -0.2) is 4.79 Å². The third kappa shape index (κ3) is 11.0. The Hall–Kier alpha value is -5.24. The van der Waals surface area contributed by atoms with E-state index in [1.54, 1.807) is 11.8 Å². The minimum absolute atomic E-state index is 0.261. The lowest BCUT2D eigenvalue weighted by molar-refractivity contribution is 0.257. The first-order chi connectivity index (χ1) is 27.1. The van der Waals surface area contributed by atoms with Crippen LogP contribution in [0.5, 0.6) is 0 Å². The van der Waals surface area contributed by atoms with Crippen molar-refractivity contribution >= 4 is 40.4 Å². The third-order valence-electron chi connectivity index (χ3n) is 11.1. The van der Waals surface area contributed by atoms with Crippen LogP contribution in [0, 0.1) is 13.8 Å². The van der Waals surface area contributed by atoms with Crippen molar-refractivity contribution in [1.29, 1.82) is 0 Å². The van der Waals surface area contributed by atoms with Gasteiger partial charge < -0.3 is 10.2 Å². The zero-order valence-corrected chi connectivity index (χ0v) is 36.4. The summed E-state index contributed by atoms with van der Waals surface area (Å²) in [6, 6.07) is 33.0. The van der Waals surface area contributed by atoms with Gasteiger partial charge in [0.2, 0.25) is 0 Å². The van der Waals surface area contributed by atoms with Crippen molar-refractivity contribution in [1.82, 2.24) is 4.48 Å². The Bertz CT molecular complexity index is 2220. The second-order valence-electron chi connectivity index (χ2n) is 16.2. The summed E-state index contributed by atoms with van der Waals surface area (Å²) < 4.78 is 0.765. The minimum atomic E-state index is -0.659. The molecule has 1 aliphatic rings. The molecule has 0 bridgehead atoms. The second-order valence-corrected chi connectivity index (χ2v) is 17.2. The Morgan fingerprint density at radius 3 is 2.21 bits per heavy atom. The molecule has 1 N–H and O–H groups in total. The number of rotatable bonds is 13. The number of azo groups is 1. The van der Waals surface area contributed by atoms with Crippen LogP contribution in [0.3, 0.4) is 0 Å². The van der Waals surface area contributed by atoms with Gasteiger partial charge in [0.25, 0.3) is 0 Å². The van der Waals surface area contributed by atoms with E-state index in [0.717, 1.165) is 45.3 Å². The molecule has 0 saturated carbocycles. The fourth-order valence-electron chi connectivity index (χ4n) is 6.98. The number of hydrogen-bond acceptors (Lipinski definition) is 4. The van der Waals surface area contributed by atoms with Crippen LogP contribution in [0.4, 0.5) is 21.9 Å². The van der Waals surface area contributed by atoms with Crippen LogP contribution in [0.2, 0.25) is 0 Å². The van der Waals surface area contributed by atoms with Crippen LogP contribution < -0.4 is 14.7 Å². The Morgan fingerprint density at radius 1 is 0.912 bits per heavy atom. The monoisotopic (exact) mass is 778 g/mol. The molecule has 6 nitrogen and oxygen atoms in total. The van der Waals surface area contributed by atoms with Gasteiger partial charge in [0, 0.05) is 39.5 Å². The summed E-state index contributed by atoms with van der Waals surface area (Å²) in [6.07, 6.45) is 12.4. The number of carbonyl (C=O) groups is 1. The topological polar surface area (TPSA) is 57.1 Å². The lowest BCUT2D eigenvalue weighted by atomic mass is 9.93. The predicted molar refractivity (Wildman–Crippen MR) is 246 cm³/mol. The van der Waals surface area contributed by atoms with E-state index < -0.39 is 11.6 Å². The first-order valence-electron chi connectivity index (χ1n) is 19.8. The molecule has 4 aromatic carbocycles. The molecule has 1 aliphatic carbocycles. The largest absolute Gasteiger partial charge is 0.363 e. The van der Waals surface area contributed by atoms with E-state index in [1.165, 1.54) is 44.3 Å². The highest BCUT2D eigenvalue weighted by atomic mass is 32.2.